The Balaban J connectivity index is 2.20. The van der Waals surface area contributed by atoms with Crippen molar-refractivity contribution in [3.63, 3.8) is 0 Å². The molecule has 1 heterocycles. The van der Waals surface area contributed by atoms with Crippen molar-refractivity contribution in [1.82, 2.24) is 9.78 Å². The molecule has 1 aliphatic rings. The first kappa shape index (κ1) is 11.0. The molecular weight excluding hydrogens is 386 g/mol. The summed E-state index contributed by atoms with van der Waals surface area (Å²) >= 11 is 5.42. The van der Waals surface area contributed by atoms with E-state index >= 15 is 0 Å². The summed E-state index contributed by atoms with van der Waals surface area (Å²) in [4.78, 5) is 0. The van der Waals surface area contributed by atoms with E-state index in [0.717, 1.165) is 26.2 Å². The normalized spacial score (nSPS) is 15.9. The maximum Gasteiger partial charge on any atom is 0.136 e. The standard InChI is InChI=1S/C11H9BrFIN2/c12-7-3-8(13)10-9(4-7)16(15-11(10)14)5-6-1-2-6/h3-4,6H,1-2,5H2. The molecule has 0 spiro atoms. The van der Waals surface area contributed by atoms with Crippen LogP contribution in [0.3, 0.4) is 0 Å². The number of hydrogen-bond donors (Lipinski definition) is 0. The molecule has 1 fully saturated rings. The van der Waals surface area contributed by atoms with Gasteiger partial charge in [0.15, 0.2) is 0 Å². The lowest BCUT2D eigenvalue weighted by atomic mass is 10.2. The van der Waals surface area contributed by atoms with Gasteiger partial charge in [-0.05, 0) is 53.5 Å². The van der Waals surface area contributed by atoms with Crippen LogP contribution in [0.1, 0.15) is 12.8 Å². The Bertz CT molecular complexity index is 563. The molecule has 2 nitrogen and oxygen atoms in total. The summed E-state index contributed by atoms with van der Waals surface area (Å²) in [6.45, 7) is 0.912. The van der Waals surface area contributed by atoms with Gasteiger partial charge in [-0.25, -0.2) is 4.39 Å². The van der Waals surface area contributed by atoms with Crippen LogP contribution in [0.2, 0.25) is 0 Å². The zero-order chi connectivity index (χ0) is 11.3. The van der Waals surface area contributed by atoms with Gasteiger partial charge < -0.3 is 0 Å². The first-order valence-corrected chi connectivity index (χ1v) is 7.03. The van der Waals surface area contributed by atoms with E-state index in [1.165, 1.54) is 18.9 Å². The van der Waals surface area contributed by atoms with Gasteiger partial charge in [-0.1, -0.05) is 15.9 Å². The molecular formula is C11H9BrFIN2. The van der Waals surface area contributed by atoms with E-state index in [4.69, 9.17) is 0 Å². The Morgan fingerprint density at radius 2 is 2.25 bits per heavy atom. The molecule has 1 aromatic carbocycles. The minimum absolute atomic E-state index is 0.198. The van der Waals surface area contributed by atoms with Crippen molar-refractivity contribution in [2.45, 2.75) is 19.4 Å². The van der Waals surface area contributed by atoms with Gasteiger partial charge in [0.1, 0.15) is 9.52 Å². The van der Waals surface area contributed by atoms with Crippen LogP contribution in [-0.2, 0) is 6.54 Å². The first-order valence-electron chi connectivity index (χ1n) is 5.16. The van der Waals surface area contributed by atoms with E-state index in [0.29, 0.717) is 5.39 Å². The molecule has 1 aromatic heterocycles. The molecule has 84 valence electrons. The number of nitrogens with zero attached hydrogens (tertiary/aromatic N) is 2. The molecule has 0 aliphatic heterocycles. The zero-order valence-corrected chi connectivity index (χ0v) is 12.1. The topological polar surface area (TPSA) is 17.8 Å². The quantitative estimate of drug-likeness (QED) is 0.705. The highest BCUT2D eigenvalue weighted by Gasteiger charge is 2.24. The average molecular weight is 395 g/mol. The van der Waals surface area contributed by atoms with Crippen LogP contribution >= 0.6 is 38.5 Å². The Kier molecular flexibility index (Phi) is 2.70. The van der Waals surface area contributed by atoms with Gasteiger partial charge in [0.2, 0.25) is 0 Å². The predicted molar refractivity (Wildman–Crippen MR) is 72.8 cm³/mol. The summed E-state index contributed by atoms with van der Waals surface area (Å²) in [5, 5.41) is 5.06. The maximum atomic E-state index is 13.8. The summed E-state index contributed by atoms with van der Waals surface area (Å²) in [6.07, 6.45) is 2.54. The monoisotopic (exact) mass is 394 g/mol. The van der Waals surface area contributed by atoms with Crippen LogP contribution in [0.5, 0.6) is 0 Å². The van der Waals surface area contributed by atoms with Crippen molar-refractivity contribution in [3.05, 3.63) is 26.1 Å². The Labute approximate surface area is 114 Å². The van der Waals surface area contributed by atoms with Crippen LogP contribution in [0.4, 0.5) is 4.39 Å². The summed E-state index contributed by atoms with van der Waals surface area (Å²) in [7, 11) is 0. The lowest BCUT2D eigenvalue weighted by molar-refractivity contribution is 0.577. The fraction of sp³-hybridized carbons (Fsp3) is 0.364. The van der Waals surface area contributed by atoms with Gasteiger partial charge in [0, 0.05) is 11.0 Å². The molecule has 0 saturated heterocycles. The lowest BCUT2D eigenvalue weighted by Crippen LogP contribution is -2.01. The molecule has 1 aliphatic carbocycles. The third-order valence-electron chi connectivity index (χ3n) is 2.86. The molecule has 1 saturated carbocycles. The van der Waals surface area contributed by atoms with Crippen LogP contribution < -0.4 is 0 Å². The summed E-state index contributed by atoms with van der Waals surface area (Å²) in [5.41, 5.74) is 0.892. The van der Waals surface area contributed by atoms with Gasteiger partial charge in [0.05, 0.1) is 10.9 Å². The molecule has 0 unspecified atom stereocenters. The van der Waals surface area contributed by atoms with Crippen LogP contribution in [-0.4, -0.2) is 9.78 Å². The Morgan fingerprint density at radius 1 is 1.50 bits per heavy atom. The number of benzene rings is 1. The van der Waals surface area contributed by atoms with Crippen molar-refractivity contribution in [1.29, 1.82) is 0 Å². The van der Waals surface area contributed by atoms with E-state index in [1.54, 1.807) is 0 Å². The predicted octanol–water partition coefficient (Wildman–Crippen LogP) is 3.95. The summed E-state index contributed by atoms with van der Waals surface area (Å²) < 4.78 is 17.2. The van der Waals surface area contributed by atoms with Gasteiger partial charge in [-0.3, -0.25) is 4.68 Å². The number of rotatable bonds is 2. The number of aromatic nitrogens is 2. The molecule has 0 radical (unpaired) electrons. The van der Waals surface area contributed by atoms with E-state index in [1.807, 2.05) is 10.7 Å². The molecule has 0 N–H and O–H groups in total. The maximum absolute atomic E-state index is 13.8. The lowest BCUT2D eigenvalue weighted by Gasteiger charge is -2.02. The van der Waals surface area contributed by atoms with Crippen molar-refractivity contribution in [2.24, 2.45) is 5.92 Å². The third-order valence-corrected chi connectivity index (χ3v) is 4.07. The van der Waals surface area contributed by atoms with E-state index in [9.17, 15) is 4.39 Å². The minimum Gasteiger partial charge on any atom is -0.263 e. The van der Waals surface area contributed by atoms with Crippen molar-refractivity contribution < 1.29 is 4.39 Å². The van der Waals surface area contributed by atoms with Gasteiger partial charge in [-0.15, -0.1) is 0 Å². The zero-order valence-electron chi connectivity index (χ0n) is 8.38. The molecule has 0 amide bonds. The molecule has 0 bridgehead atoms. The average Bonchev–Trinajstić information content (AvgIpc) is 2.93. The number of hydrogen-bond acceptors (Lipinski definition) is 1. The van der Waals surface area contributed by atoms with Crippen molar-refractivity contribution >= 4 is 49.4 Å². The highest BCUT2D eigenvalue weighted by atomic mass is 127. The van der Waals surface area contributed by atoms with Gasteiger partial charge in [-0.2, -0.15) is 5.10 Å². The fourth-order valence-electron chi connectivity index (χ4n) is 1.86. The smallest absolute Gasteiger partial charge is 0.136 e. The fourth-order valence-corrected chi connectivity index (χ4v) is 3.07. The van der Waals surface area contributed by atoms with Gasteiger partial charge >= 0.3 is 0 Å². The van der Waals surface area contributed by atoms with E-state index in [2.05, 4.69) is 43.6 Å². The highest BCUT2D eigenvalue weighted by Crippen LogP contribution is 2.33. The van der Waals surface area contributed by atoms with Crippen LogP contribution in [0, 0.1) is 15.4 Å². The largest absolute Gasteiger partial charge is 0.263 e. The number of fused-ring (bicyclic) bond motifs is 1. The van der Waals surface area contributed by atoms with Crippen molar-refractivity contribution in [2.75, 3.05) is 0 Å². The van der Waals surface area contributed by atoms with E-state index < -0.39 is 0 Å². The van der Waals surface area contributed by atoms with E-state index in [-0.39, 0.29) is 5.82 Å². The molecule has 16 heavy (non-hydrogen) atoms. The third kappa shape index (κ3) is 1.88. The Morgan fingerprint density at radius 3 is 2.94 bits per heavy atom. The van der Waals surface area contributed by atoms with Crippen LogP contribution in [0.25, 0.3) is 10.9 Å². The first-order chi connectivity index (χ1) is 7.65. The summed E-state index contributed by atoms with van der Waals surface area (Å²) in [6, 6.07) is 3.43. The second-order valence-corrected chi connectivity index (χ2v) is 6.14. The van der Waals surface area contributed by atoms with Crippen molar-refractivity contribution in [3.8, 4) is 0 Å². The van der Waals surface area contributed by atoms with Gasteiger partial charge in [0.25, 0.3) is 0 Å². The van der Waals surface area contributed by atoms with Crippen LogP contribution in [0.15, 0.2) is 16.6 Å². The SMILES string of the molecule is Fc1cc(Br)cc2c1c(I)nn2CC1CC1. The second kappa shape index (κ2) is 3.94. The minimum atomic E-state index is -0.198. The molecule has 3 rings (SSSR count). The number of halogens is 3. The highest BCUT2D eigenvalue weighted by molar-refractivity contribution is 14.1. The molecule has 2 aromatic rings. The summed E-state index contributed by atoms with van der Waals surface area (Å²) in [5.74, 6) is 0.539. The molecule has 5 heteroatoms. The second-order valence-electron chi connectivity index (χ2n) is 4.20. The Hall–Kier alpha value is -0.170. The molecule has 0 atom stereocenters.